The number of pyridine rings is 1. The third-order valence-electron chi connectivity index (χ3n) is 2.63. The van der Waals surface area contributed by atoms with Gasteiger partial charge in [0.1, 0.15) is 5.82 Å². The minimum atomic E-state index is -1.90. The van der Waals surface area contributed by atoms with Crippen molar-refractivity contribution in [1.82, 2.24) is 4.98 Å². The van der Waals surface area contributed by atoms with Crippen LogP contribution in [0.1, 0.15) is 31.9 Å². The van der Waals surface area contributed by atoms with Crippen molar-refractivity contribution in [2.75, 3.05) is 0 Å². The van der Waals surface area contributed by atoms with E-state index < -0.39 is 23.3 Å². The smallest absolute Gasteiger partial charge is 0.336 e. The summed E-state index contributed by atoms with van der Waals surface area (Å²) >= 11 is 0. The van der Waals surface area contributed by atoms with Crippen molar-refractivity contribution < 1.29 is 19.4 Å². The van der Waals surface area contributed by atoms with Crippen LogP contribution in [0.15, 0.2) is 18.3 Å². The highest BCUT2D eigenvalue weighted by Crippen LogP contribution is 2.30. The van der Waals surface area contributed by atoms with E-state index in [-0.39, 0.29) is 0 Å². The van der Waals surface area contributed by atoms with Crippen molar-refractivity contribution >= 4 is 5.97 Å². The van der Waals surface area contributed by atoms with Crippen LogP contribution in [-0.4, -0.2) is 26.8 Å². The Bertz CT molecular complexity index is 375. The van der Waals surface area contributed by atoms with Crippen LogP contribution < -0.4 is 0 Å². The quantitative estimate of drug-likeness (QED) is 0.818. The van der Waals surface area contributed by atoms with Crippen molar-refractivity contribution in [2.45, 2.75) is 31.8 Å². The van der Waals surface area contributed by atoms with Crippen LogP contribution in [0.5, 0.6) is 0 Å². The van der Waals surface area contributed by atoms with E-state index in [0.717, 1.165) is 6.20 Å². The van der Waals surface area contributed by atoms with Gasteiger partial charge < -0.3 is 10.2 Å². The summed E-state index contributed by atoms with van der Waals surface area (Å²) < 4.78 is 12.7. The first kappa shape index (κ1) is 12.6. The molecule has 2 unspecified atom stereocenters. The lowest BCUT2D eigenvalue weighted by Gasteiger charge is -2.27. The number of carboxylic acids is 1. The Labute approximate surface area is 92.8 Å². The predicted molar refractivity (Wildman–Crippen MR) is 55.5 cm³/mol. The normalized spacial score (nSPS) is 16.5. The number of hydrogen-bond donors (Lipinski definition) is 2. The van der Waals surface area contributed by atoms with E-state index in [2.05, 4.69) is 4.98 Å². The molecular formula is C11H14FNO3. The third-order valence-corrected chi connectivity index (χ3v) is 2.63. The standard InChI is InChI=1S/C11H14FNO3/c1-3-8(11(2,16)10(14)15)9-5-4-7(12)6-13-9/h4-6,8,16H,3H2,1-2H3,(H,14,15). The number of nitrogens with zero attached hydrogens (tertiary/aromatic N) is 1. The number of carboxylic acid groups (broad SMARTS) is 1. The van der Waals surface area contributed by atoms with Crippen LogP contribution in [0.2, 0.25) is 0 Å². The molecule has 2 atom stereocenters. The summed E-state index contributed by atoms with van der Waals surface area (Å²) in [7, 11) is 0. The Balaban J connectivity index is 3.07. The molecule has 0 aliphatic carbocycles. The average molecular weight is 227 g/mol. The molecule has 0 radical (unpaired) electrons. The first-order valence-electron chi connectivity index (χ1n) is 4.96. The van der Waals surface area contributed by atoms with Crippen molar-refractivity contribution in [3.63, 3.8) is 0 Å². The van der Waals surface area contributed by atoms with Gasteiger partial charge in [-0.3, -0.25) is 4.98 Å². The maximum absolute atomic E-state index is 12.7. The van der Waals surface area contributed by atoms with E-state index in [4.69, 9.17) is 5.11 Å². The number of aromatic nitrogens is 1. The molecule has 0 amide bonds. The van der Waals surface area contributed by atoms with Gasteiger partial charge in [-0.05, 0) is 25.5 Å². The summed E-state index contributed by atoms with van der Waals surface area (Å²) in [5.74, 6) is -2.47. The predicted octanol–water partition coefficient (Wildman–Crippen LogP) is 1.55. The second kappa shape index (κ2) is 4.57. The van der Waals surface area contributed by atoms with Crippen LogP contribution in [0.3, 0.4) is 0 Å². The zero-order chi connectivity index (χ0) is 12.3. The fourth-order valence-corrected chi connectivity index (χ4v) is 1.64. The molecule has 0 aliphatic rings. The van der Waals surface area contributed by atoms with Crippen LogP contribution in [-0.2, 0) is 4.79 Å². The highest BCUT2D eigenvalue weighted by Gasteiger charge is 2.40. The van der Waals surface area contributed by atoms with E-state index in [1.165, 1.54) is 19.1 Å². The Hall–Kier alpha value is -1.49. The molecule has 1 heterocycles. The molecule has 5 heteroatoms. The molecule has 1 aromatic rings. The van der Waals surface area contributed by atoms with Gasteiger partial charge in [0, 0.05) is 11.6 Å². The van der Waals surface area contributed by atoms with Crippen molar-refractivity contribution in [3.8, 4) is 0 Å². The number of aliphatic carboxylic acids is 1. The van der Waals surface area contributed by atoms with Crippen LogP contribution >= 0.6 is 0 Å². The monoisotopic (exact) mass is 227 g/mol. The second-order valence-corrected chi connectivity index (χ2v) is 3.81. The van der Waals surface area contributed by atoms with Gasteiger partial charge in [0.15, 0.2) is 5.60 Å². The minimum absolute atomic E-state index is 0.372. The summed E-state index contributed by atoms with van der Waals surface area (Å²) in [6, 6.07) is 2.59. The molecule has 16 heavy (non-hydrogen) atoms. The Morgan fingerprint density at radius 2 is 2.25 bits per heavy atom. The molecule has 0 bridgehead atoms. The van der Waals surface area contributed by atoms with Gasteiger partial charge in [0.25, 0.3) is 0 Å². The van der Waals surface area contributed by atoms with Crippen LogP contribution in [0.4, 0.5) is 4.39 Å². The molecule has 0 fully saturated rings. The molecule has 0 saturated carbocycles. The topological polar surface area (TPSA) is 70.4 Å². The molecule has 4 nitrogen and oxygen atoms in total. The van der Waals surface area contributed by atoms with Gasteiger partial charge in [-0.25, -0.2) is 9.18 Å². The lowest BCUT2D eigenvalue weighted by atomic mass is 9.84. The van der Waals surface area contributed by atoms with E-state index >= 15 is 0 Å². The number of halogens is 1. The molecule has 0 aromatic carbocycles. The fourth-order valence-electron chi connectivity index (χ4n) is 1.64. The summed E-state index contributed by atoms with van der Waals surface area (Å²) in [4.78, 5) is 14.7. The van der Waals surface area contributed by atoms with Gasteiger partial charge >= 0.3 is 5.97 Å². The van der Waals surface area contributed by atoms with E-state index in [1.54, 1.807) is 6.92 Å². The fraction of sp³-hybridized carbons (Fsp3) is 0.455. The van der Waals surface area contributed by atoms with Crippen LogP contribution in [0.25, 0.3) is 0 Å². The Kier molecular flexibility index (Phi) is 3.59. The molecule has 0 saturated heterocycles. The SMILES string of the molecule is CCC(c1ccc(F)cn1)C(C)(O)C(=O)O. The molecule has 0 aliphatic heterocycles. The van der Waals surface area contributed by atoms with Gasteiger partial charge in [-0.1, -0.05) is 6.92 Å². The number of aliphatic hydroxyl groups is 1. The Morgan fingerprint density at radius 3 is 2.62 bits per heavy atom. The number of carbonyl (C=O) groups is 1. The summed E-state index contributed by atoms with van der Waals surface area (Å²) in [6.07, 6.45) is 1.41. The summed E-state index contributed by atoms with van der Waals surface area (Å²) in [6.45, 7) is 2.96. The van der Waals surface area contributed by atoms with Gasteiger partial charge in [-0.2, -0.15) is 0 Å². The Morgan fingerprint density at radius 1 is 1.62 bits per heavy atom. The number of hydrogen-bond acceptors (Lipinski definition) is 3. The molecular weight excluding hydrogens is 213 g/mol. The van der Waals surface area contributed by atoms with E-state index in [9.17, 15) is 14.3 Å². The van der Waals surface area contributed by atoms with Gasteiger partial charge in [0.05, 0.1) is 6.20 Å². The van der Waals surface area contributed by atoms with Gasteiger partial charge in [-0.15, -0.1) is 0 Å². The van der Waals surface area contributed by atoms with Crippen molar-refractivity contribution in [3.05, 3.63) is 29.8 Å². The lowest BCUT2D eigenvalue weighted by molar-refractivity contribution is -0.159. The van der Waals surface area contributed by atoms with Crippen LogP contribution in [0, 0.1) is 5.82 Å². The maximum atomic E-state index is 12.7. The minimum Gasteiger partial charge on any atom is -0.479 e. The summed E-state index contributed by atoms with van der Waals surface area (Å²) in [5.41, 5.74) is -1.53. The largest absolute Gasteiger partial charge is 0.479 e. The second-order valence-electron chi connectivity index (χ2n) is 3.81. The first-order valence-corrected chi connectivity index (χ1v) is 4.96. The molecule has 0 spiro atoms. The average Bonchev–Trinajstić information content (AvgIpc) is 2.21. The summed E-state index contributed by atoms with van der Waals surface area (Å²) in [5, 5.41) is 18.7. The van der Waals surface area contributed by atoms with Crippen molar-refractivity contribution in [1.29, 1.82) is 0 Å². The maximum Gasteiger partial charge on any atom is 0.336 e. The first-order chi connectivity index (χ1) is 7.39. The third kappa shape index (κ3) is 2.36. The molecule has 2 N–H and O–H groups in total. The highest BCUT2D eigenvalue weighted by molar-refractivity contribution is 5.78. The zero-order valence-corrected chi connectivity index (χ0v) is 9.14. The lowest BCUT2D eigenvalue weighted by Crippen LogP contribution is -2.41. The zero-order valence-electron chi connectivity index (χ0n) is 9.14. The van der Waals surface area contributed by atoms with E-state index in [1.807, 2.05) is 0 Å². The molecule has 88 valence electrons. The van der Waals surface area contributed by atoms with Crippen molar-refractivity contribution in [2.24, 2.45) is 0 Å². The van der Waals surface area contributed by atoms with Gasteiger partial charge in [0.2, 0.25) is 0 Å². The highest BCUT2D eigenvalue weighted by atomic mass is 19.1. The number of rotatable bonds is 4. The molecule has 1 rings (SSSR count). The molecule has 1 aromatic heterocycles. The van der Waals surface area contributed by atoms with E-state index in [0.29, 0.717) is 12.1 Å².